The Kier molecular flexibility index (Phi) is 4.86. The summed E-state index contributed by atoms with van der Waals surface area (Å²) in [6.07, 6.45) is 0.970. The largest absolute Gasteiger partial charge is 0.476 e. The van der Waals surface area contributed by atoms with Crippen LogP contribution in [-0.2, 0) is 13.1 Å². The Balaban J connectivity index is 1.68. The Morgan fingerprint density at radius 3 is 2.90 bits per heavy atom. The molecule has 0 saturated carbocycles. The maximum atomic E-state index is 10.7. The van der Waals surface area contributed by atoms with Crippen LogP contribution in [0, 0.1) is 13.8 Å². The van der Waals surface area contributed by atoms with E-state index in [0.29, 0.717) is 6.54 Å². The number of aromatic nitrogens is 3. The van der Waals surface area contributed by atoms with Gasteiger partial charge in [-0.1, -0.05) is 0 Å². The second-order valence-corrected chi connectivity index (χ2v) is 5.49. The van der Waals surface area contributed by atoms with Crippen molar-refractivity contribution in [1.29, 1.82) is 0 Å². The molecule has 2 heterocycles. The summed E-state index contributed by atoms with van der Waals surface area (Å²) in [4.78, 5) is 14.7. The van der Waals surface area contributed by atoms with Crippen molar-refractivity contribution in [2.45, 2.75) is 33.4 Å². The standard InChI is InChI=1S/C13H18N4O2S/c1-9-6-10(2)17(16-9)5-3-4-14-7-11-8-20-12(15-11)13(18)19/h6,8,14H,3-5,7H2,1-2H3,(H,18,19). The van der Waals surface area contributed by atoms with Crippen LogP contribution in [0.25, 0.3) is 0 Å². The van der Waals surface area contributed by atoms with Gasteiger partial charge < -0.3 is 10.4 Å². The van der Waals surface area contributed by atoms with Crippen molar-refractivity contribution < 1.29 is 9.90 Å². The first kappa shape index (κ1) is 14.7. The summed E-state index contributed by atoms with van der Waals surface area (Å²) in [7, 11) is 0. The number of carboxylic acid groups (broad SMARTS) is 1. The van der Waals surface area contributed by atoms with Crippen LogP contribution >= 0.6 is 11.3 Å². The second kappa shape index (κ2) is 6.62. The van der Waals surface area contributed by atoms with Crippen molar-refractivity contribution >= 4 is 17.3 Å². The topological polar surface area (TPSA) is 80.0 Å². The lowest BCUT2D eigenvalue weighted by Gasteiger charge is -2.05. The van der Waals surface area contributed by atoms with Gasteiger partial charge in [0, 0.05) is 24.2 Å². The van der Waals surface area contributed by atoms with Gasteiger partial charge in [-0.15, -0.1) is 11.3 Å². The van der Waals surface area contributed by atoms with Gasteiger partial charge in [0.1, 0.15) is 0 Å². The minimum atomic E-state index is -0.967. The average molecular weight is 294 g/mol. The molecule has 2 aromatic rings. The molecule has 0 aliphatic rings. The summed E-state index contributed by atoms with van der Waals surface area (Å²) >= 11 is 1.16. The van der Waals surface area contributed by atoms with Crippen molar-refractivity contribution in [3.8, 4) is 0 Å². The van der Waals surface area contributed by atoms with Crippen LogP contribution in [0.15, 0.2) is 11.4 Å². The van der Waals surface area contributed by atoms with Crippen LogP contribution in [0.2, 0.25) is 0 Å². The quantitative estimate of drug-likeness (QED) is 0.762. The van der Waals surface area contributed by atoms with Gasteiger partial charge in [-0.25, -0.2) is 9.78 Å². The Morgan fingerprint density at radius 2 is 2.30 bits per heavy atom. The first-order valence-corrected chi connectivity index (χ1v) is 7.33. The normalized spacial score (nSPS) is 10.9. The molecule has 2 N–H and O–H groups in total. The number of carboxylic acids is 1. The summed E-state index contributed by atoms with van der Waals surface area (Å²) in [5.74, 6) is -0.967. The SMILES string of the molecule is Cc1cc(C)n(CCCNCc2csc(C(=O)O)n2)n1. The van der Waals surface area contributed by atoms with Crippen molar-refractivity contribution in [1.82, 2.24) is 20.1 Å². The molecule has 0 radical (unpaired) electrons. The van der Waals surface area contributed by atoms with Gasteiger partial charge in [0.25, 0.3) is 0 Å². The maximum Gasteiger partial charge on any atom is 0.365 e. The molecular weight excluding hydrogens is 276 g/mol. The maximum absolute atomic E-state index is 10.7. The molecule has 7 heteroatoms. The molecule has 108 valence electrons. The van der Waals surface area contributed by atoms with Crippen LogP contribution in [0.4, 0.5) is 0 Å². The molecule has 0 spiro atoms. The van der Waals surface area contributed by atoms with Gasteiger partial charge in [-0.05, 0) is 32.9 Å². The zero-order chi connectivity index (χ0) is 14.5. The van der Waals surface area contributed by atoms with E-state index in [2.05, 4.69) is 28.4 Å². The third kappa shape index (κ3) is 3.88. The molecule has 0 amide bonds. The van der Waals surface area contributed by atoms with Crippen LogP contribution in [0.5, 0.6) is 0 Å². The Hall–Kier alpha value is -1.73. The van der Waals surface area contributed by atoms with Gasteiger partial charge in [-0.2, -0.15) is 5.10 Å². The number of hydrogen-bond acceptors (Lipinski definition) is 5. The zero-order valence-corrected chi connectivity index (χ0v) is 12.4. The Bertz CT molecular complexity index is 591. The monoisotopic (exact) mass is 294 g/mol. The number of carbonyl (C=O) groups is 1. The number of hydrogen-bond donors (Lipinski definition) is 2. The van der Waals surface area contributed by atoms with E-state index < -0.39 is 5.97 Å². The molecule has 0 fully saturated rings. The van der Waals surface area contributed by atoms with Crippen LogP contribution in [0.3, 0.4) is 0 Å². The number of nitrogens with zero attached hydrogens (tertiary/aromatic N) is 3. The number of thiazole rings is 1. The zero-order valence-electron chi connectivity index (χ0n) is 11.6. The number of aryl methyl sites for hydroxylation is 3. The third-order valence-corrected chi connectivity index (χ3v) is 3.75. The predicted molar refractivity (Wildman–Crippen MR) is 77.1 cm³/mol. The number of aromatic carboxylic acids is 1. The predicted octanol–water partition coefficient (Wildman–Crippen LogP) is 1.83. The molecule has 0 bridgehead atoms. The summed E-state index contributed by atoms with van der Waals surface area (Å²) < 4.78 is 2.00. The van der Waals surface area contributed by atoms with E-state index in [1.54, 1.807) is 5.38 Å². The van der Waals surface area contributed by atoms with E-state index >= 15 is 0 Å². The van der Waals surface area contributed by atoms with Gasteiger partial charge in [0.2, 0.25) is 5.01 Å². The fourth-order valence-electron chi connectivity index (χ4n) is 1.96. The molecule has 0 unspecified atom stereocenters. The van der Waals surface area contributed by atoms with Crippen LogP contribution < -0.4 is 5.32 Å². The highest BCUT2D eigenvalue weighted by atomic mass is 32.1. The Morgan fingerprint density at radius 1 is 1.50 bits per heavy atom. The molecule has 0 aliphatic carbocycles. The first-order valence-electron chi connectivity index (χ1n) is 6.45. The van der Waals surface area contributed by atoms with E-state index in [4.69, 9.17) is 5.11 Å². The van der Waals surface area contributed by atoms with E-state index in [-0.39, 0.29) is 5.01 Å². The highest BCUT2D eigenvalue weighted by molar-refractivity contribution is 7.11. The fourth-order valence-corrected chi connectivity index (χ4v) is 2.61. The summed E-state index contributed by atoms with van der Waals surface area (Å²) in [6, 6.07) is 2.07. The molecule has 2 rings (SSSR count). The van der Waals surface area contributed by atoms with Gasteiger partial charge in [-0.3, -0.25) is 4.68 Å². The van der Waals surface area contributed by atoms with Gasteiger partial charge >= 0.3 is 5.97 Å². The minimum absolute atomic E-state index is 0.143. The molecule has 0 aliphatic heterocycles. The molecule has 0 saturated heterocycles. The van der Waals surface area contributed by atoms with E-state index in [9.17, 15) is 4.79 Å². The molecule has 20 heavy (non-hydrogen) atoms. The third-order valence-electron chi connectivity index (χ3n) is 2.87. The fraction of sp³-hybridized carbons (Fsp3) is 0.462. The highest BCUT2D eigenvalue weighted by Crippen LogP contribution is 2.09. The molecule has 0 atom stereocenters. The van der Waals surface area contributed by atoms with Crippen molar-refractivity contribution in [3.63, 3.8) is 0 Å². The van der Waals surface area contributed by atoms with Crippen LogP contribution in [0.1, 0.15) is 33.3 Å². The van der Waals surface area contributed by atoms with Crippen molar-refractivity contribution in [2.24, 2.45) is 0 Å². The lowest BCUT2D eigenvalue weighted by atomic mass is 10.3. The molecule has 2 aromatic heterocycles. The van der Waals surface area contributed by atoms with Crippen molar-refractivity contribution in [2.75, 3.05) is 6.54 Å². The summed E-state index contributed by atoms with van der Waals surface area (Å²) in [5.41, 5.74) is 2.99. The van der Waals surface area contributed by atoms with Gasteiger partial charge in [0.05, 0.1) is 11.4 Å². The molecule has 0 aromatic carbocycles. The minimum Gasteiger partial charge on any atom is -0.476 e. The van der Waals surface area contributed by atoms with E-state index in [1.807, 2.05) is 11.6 Å². The highest BCUT2D eigenvalue weighted by Gasteiger charge is 2.08. The number of nitrogens with one attached hydrogen (secondary N) is 1. The van der Waals surface area contributed by atoms with Crippen LogP contribution in [-0.4, -0.2) is 32.4 Å². The van der Waals surface area contributed by atoms with E-state index in [1.165, 1.54) is 5.69 Å². The summed E-state index contributed by atoms with van der Waals surface area (Å²) in [5, 5.41) is 18.4. The Labute approximate surface area is 121 Å². The van der Waals surface area contributed by atoms with E-state index in [0.717, 1.165) is 42.2 Å². The number of rotatable bonds is 7. The average Bonchev–Trinajstić information content (AvgIpc) is 2.96. The molecule has 6 nitrogen and oxygen atoms in total. The lowest BCUT2D eigenvalue weighted by molar-refractivity contribution is 0.0696. The van der Waals surface area contributed by atoms with Crippen molar-refractivity contribution in [3.05, 3.63) is 33.5 Å². The molecular formula is C13H18N4O2S. The first-order chi connectivity index (χ1) is 9.56. The van der Waals surface area contributed by atoms with Gasteiger partial charge in [0.15, 0.2) is 0 Å². The second-order valence-electron chi connectivity index (χ2n) is 4.63. The smallest absolute Gasteiger partial charge is 0.365 e. The summed E-state index contributed by atoms with van der Waals surface area (Å²) in [6.45, 7) is 6.36. The lowest BCUT2D eigenvalue weighted by Crippen LogP contribution is -2.17.